The average molecular weight is 377 g/mol. The van der Waals surface area contributed by atoms with Crippen LogP contribution in [0.4, 0.5) is 16.2 Å². The van der Waals surface area contributed by atoms with Gasteiger partial charge in [-0.1, -0.05) is 0 Å². The summed E-state index contributed by atoms with van der Waals surface area (Å²) < 4.78 is 32.5. The van der Waals surface area contributed by atoms with Gasteiger partial charge < -0.3 is 15.0 Å². The molecule has 2 N–H and O–H groups in total. The topological polar surface area (TPSA) is 87.7 Å². The normalized spacial score (nSPS) is 10.9. The minimum absolute atomic E-state index is 0.106. The fraction of sp³-hybridized carbons (Fsp3) is 0.278. The molecule has 2 amide bonds. The van der Waals surface area contributed by atoms with Crippen LogP contribution in [-0.2, 0) is 10.0 Å². The lowest BCUT2D eigenvalue weighted by Gasteiger charge is -2.19. The molecule has 0 aromatic heterocycles. The van der Waals surface area contributed by atoms with Crippen LogP contribution in [0.15, 0.2) is 53.4 Å². The maximum Gasteiger partial charge on any atom is 0.321 e. The summed E-state index contributed by atoms with van der Waals surface area (Å²) in [6.45, 7) is 4.98. The number of carbonyl (C=O) groups excluding carboxylic acids is 1. The van der Waals surface area contributed by atoms with Gasteiger partial charge in [-0.25, -0.2) is 13.2 Å². The van der Waals surface area contributed by atoms with E-state index < -0.39 is 10.0 Å². The summed E-state index contributed by atoms with van der Waals surface area (Å²) in [4.78, 5) is 13.8. The third-order valence-electron chi connectivity index (χ3n) is 3.81. The molecule has 0 aliphatic rings. The van der Waals surface area contributed by atoms with E-state index in [9.17, 15) is 13.2 Å². The predicted octanol–water partition coefficient (Wildman–Crippen LogP) is 3.37. The van der Waals surface area contributed by atoms with Gasteiger partial charge in [0.15, 0.2) is 0 Å². The van der Waals surface area contributed by atoms with Gasteiger partial charge in [0.05, 0.1) is 12.0 Å². The molecule has 26 heavy (non-hydrogen) atoms. The van der Waals surface area contributed by atoms with Crippen molar-refractivity contribution in [3.05, 3.63) is 48.5 Å². The summed E-state index contributed by atoms with van der Waals surface area (Å²) >= 11 is 0. The maximum absolute atomic E-state index is 12.5. The highest BCUT2D eigenvalue weighted by atomic mass is 32.2. The van der Waals surface area contributed by atoms with Crippen molar-refractivity contribution in [3.8, 4) is 5.75 Å². The number of anilines is 2. The van der Waals surface area contributed by atoms with Gasteiger partial charge in [-0.15, -0.1) is 0 Å². The number of rotatable bonds is 7. The first-order chi connectivity index (χ1) is 12.4. The number of hydrogen-bond acceptors (Lipinski definition) is 4. The average Bonchev–Trinajstić information content (AvgIpc) is 2.63. The van der Waals surface area contributed by atoms with Crippen molar-refractivity contribution < 1.29 is 17.9 Å². The Bertz CT molecular complexity index is 830. The lowest BCUT2D eigenvalue weighted by molar-refractivity contribution is 0.217. The molecule has 0 aliphatic heterocycles. The number of ether oxygens (including phenoxy) is 1. The minimum atomic E-state index is -3.72. The van der Waals surface area contributed by atoms with Gasteiger partial charge in [0, 0.05) is 24.5 Å². The molecule has 0 bridgehead atoms. The summed E-state index contributed by atoms with van der Waals surface area (Å²) in [6.07, 6.45) is 0. The first-order valence-corrected chi connectivity index (χ1v) is 9.70. The Morgan fingerprint density at radius 2 is 1.50 bits per heavy atom. The van der Waals surface area contributed by atoms with E-state index in [2.05, 4.69) is 10.0 Å². The maximum atomic E-state index is 12.5. The van der Waals surface area contributed by atoms with Crippen LogP contribution in [0.1, 0.15) is 13.8 Å². The number of urea groups is 1. The van der Waals surface area contributed by atoms with E-state index in [1.165, 1.54) is 12.1 Å². The van der Waals surface area contributed by atoms with Crippen LogP contribution >= 0.6 is 0 Å². The van der Waals surface area contributed by atoms with E-state index in [0.717, 1.165) is 0 Å². The zero-order chi connectivity index (χ0) is 19.2. The molecular weight excluding hydrogens is 354 g/mol. The van der Waals surface area contributed by atoms with Crippen LogP contribution in [-0.4, -0.2) is 39.5 Å². The van der Waals surface area contributed by atoms with Gasteiger partial charge in [-0.2, -0.15) is 0 Å². The third kappa shape index (κ3) is 4.89. The molecule has 0 aliphatic carbocycles. The molecule has 2 aromatic carbocycles. The standard InChI is InChI=1S/C18H23N3O4S/c1-4-21(5-2)18(22)19-14-8-12-17(13-9-14)26(23,24)20-15-6-10-16(25-3)11-7-15/h6-13,20H,4-5H2,1-3H3,(H,19,22). The molecule has 0 spiro atoms. The molecule has 0 saturated carbocycles. The molecule has 0 fully saturated rings. The van der Waals surface area contributed by atoms with E-state index in [1.54, 1.807) is 48.4 Å². The number of amides is 2. The van der Waals surface area contributed by atoms with Gasteiger partial charge in [-0.05, 0) is 62.4 Å². The lowest BCUT2D eigenvalue weighted by atomic mass is 10.3. The molecule has 0 unspecified atom stereocenters. The van der Waals surface area contributed by atoms with Crippen molar-refractivity contribution in [2.24, 2.45) is 0 Å². The van der Waals surface area contributed by atoms with Gasteiger partial charge in [0.1, 0.15) is 5.75 Å². The molecule has 0 atom stereocenters. The van der Waals surface area contributed by atoms with E-state index in [-0.39, 0.29) is 10.9 Å². The van der Waals surface area contributed by atoms with Crippen LogP contribution in [0.3, 0.4) is 0 Å². The summed E-state index contributed by atoms with van der Waals surface area (Å²) in [7, 11) is -2.18. The number of nitrogens with one attached hydrogen (secondary N) is 2. The Morgan fingerprint density at radius 1 is 0.962 bits per heavy atom. The Labute approximate surface area is 154 Å². The minimum Gasteiger partial charge on any atom is -0.497 e. The number of nitrogens with zero attached hydrogens (tertiary/aromatic N) is 1. The molecule has 0 saturated heterocycles. The van der Waals surface area contributed by atoms with E-state index in [1.807, 2.05) is 13.8 Å². The summed E-state index contributed by atoms with van der Waals surface area (Å²) in [5, 5.41) is 2.74. The number of benzene rings is 2. The Morgan fingerprint density at radius 3 is 2.00 bits per heavy atom. The van der Waals surface area contributed by atoms with E-state index in [4.69, 9.17) is 4.74 Å². The molecule has 7 nitrogen and oxygen atoms in total. The zero-order valence-corrected chi connectivity index (χ0v) is 15.8. The number of sulfonamides is 1. The monoisotopic (exact) mass is 377 g/mol. The second-order valence-corrected chi connectivity index (χ2v) is 7.14. The van der Waals surface area contributed by atoms with Crippen molar-refractivity contribution in [2.45, 2.75) is 18.7 Å². The quantitative estimate of drug-likeness (QED) is 0.774. The predicted molar refractivity (Wildman–Crippen MR) is 102 cm³/mol. The highest BCUT2D eigenvalue weighted by molar-refractivity contribution is 7.92. The van der Waals surface area contributed by atoms with Crippen LogP contribution in [0, 0.1) is 0 Å². The van der Waals surface area contributed by atoms with E-state index in [0.29, 0.717) is 30.2 Å². The summed E-state index contributed by atoms with van der Waals surface area (Å²) in [6, 6.07) is 12.4. The molecule has 8 heteroatoms. The molecule has 0 heterocycles. The van der Waals surface area contributed by atoms with Gasteiger partial charge in [0.2, 0.25) is 0 Å². The lowest BCUT2D eigenvalue weighted by Crippen LogP contribution is -2.34. The van der Waals surface area contributed by atoms with Gasteiger partial charge >= 0.3 is 6.03 Å². The van der Waals surface area contributed by atoms with E-state index >= 15 is 0 Å². The molecule has 2 rings (SSSR count). The van der Waals surface area contributed by atoms with Gasteiger partial charge in [0.25, 0.3) is 10.0 Å². The number of carbonyl (C=O) groups is 1. The molecular formula is C18H23N3O4S. The van der Waals surface area contributed by atoms with Crippen molar-refractivity contribution in [1.29, 1.82) is 0 Å². The van der Waals surface area contributed by atoms with Crippen LogP contribution in [0.25, 0.3) is 0 Å². The highest BCUT2D eigenvalue weighted by Crippen LogP contribution is 2.20. The fourth-order valence-electron chi connectivity index (χ4n) is 2.30. The Kier molecular flexibility index (Phi) is 6.46. The first kappa shape index (κ1) is 19.6. The second kappa shape index (κ2) is 8.57. The van der Waals surface area contributed by atoms with Crippen molar-refractivity contribution in [3.63, 3.8) is 0 Å². The fourth-order valence-corrected chi connectivity index (χ4v) is 3.36. The largest absolute Gasteiger partial charge is 0.497 e. The van der Waals surface area contributed by atoms with Crippen LogP contribution < -0.4 is 14.8 Å². The number of methoxy groups -OCH3 is 1. The molecule has 140 valence electrons. The zero-order valence-electron chi connectivity index (χ0n) is 15.0. The smallest absolute Gasteiger partial charge is 0.321 e. The Balaban J connectivity index is 2.09. The van der Waals surface area contributed by atoms with Crippen molar-refractivity contribution >= 4 is 27.4 Å². The summed E-state index contributed by atoms with van der Waals surface area (Å²) in [5.41, 5.74) is 0.968. The van der Waals surface area contributed by atoms with Crippen molar-refractivity contribution in [1.82, 2.24) is 4.90 Å². The SMILES string of the molecule is CCN(CC)C(=O)Nc1ccc(S(=O)(=O)Nc2ccc(OC)cc2)cc1. The van der Waals surface area contributed by atoms with Crippen LogP contribution in [0.5, 0.6) is 5.75 Å². The van der Waals surface area contributed by atoms with Crippen molar-refractivity contribution in [2.75, 3.05) is 30.2 Å². The molecule has 2 aromatic rings. The third-order valence-corrected chi connectivity index (χ3v) is 5.21. The second-order valence-electron chi connectivity index (χ2n) is 5.46. The summed E-state index contributed by atoms with van der Waals surface area (Å²) in [5.74, 6) is 0.640. The van der Waals surface area contributed by atoms with Gasteiger partial charge in [-0.3, -0.25) is 4.72 Å². The number of hydrogen-bond donors (Lipinski definition) is 2. The Hall–Kier alpha value is -2.74. The van der Waals surface area contributed by atoms with Crippen LogP contribution in [0.2, 0.25) is 0 Å². The molecule has 0 radical (unpaired) electrons. The first-order valence-electron chi connectivity index (χ1n) is 8.22. The highest BCUT2D eigenvalue weighted by Gasteiger charge is 2.15.